The lowest BCUT2D eigenvalue weighted by atomic mass is 10.2. The molecule has 5 heteroatoms. The van der Waals surface area contributed by atoms with Crippen LogP contribution in [0.15, 0.2) is 30.6 Å². The molecule has 19 heavy (non-hydrogen) atoms. The number of benzene rings is 1. The van der Waals surface area contributed by atoms with Crippen LogP contribution in [0, 0.1) is 5.82 Å². The maximum atomic E-state index is 13.5. The van der Waals surface area contributed by atoms with Crippen LogP contribution in [0.2, 0.25) is 5.02 Å². The molecule has 100 valence electrons. The molecule has 0 fully saturated rings. The summed E-state index contributed by atoms with van der Waals surface area (Å²) in [7, 11) is 0. The van der Waals surface area contributed by atoms with Crippen LogP contribution in [-0.2, 0) is 13.0 Å². The van der Waals surface area contributed by atoms with Crippen molar-refractivity contribution in [1.29, 1.82) is 0 Å². The molecule has 0 bridgehead atoms. The minimum Gasteiger partial charge on any atom is -0.472 e. The van der Waals surface area contributed by atoms with Crippen LogP contribution in [-0.4, -0.2) is 9.97 Å². The van der Waals surface area contributed by atoms with Crippen LogP contribution < -0.4 is 4.74 Å². The Morgan fingerprint density at radius 1 is 1.26 bits per heavy atom. The number of hydrogen-bond donors (Lipinski definition) is 0. The summed E-state index contributed by atoms with van der Waals surface area (Å²) in [4.78, 5) is 8.33. The van der Waals surface area contributed by atoms with E-state index in [1.54, 1.807) is 24.5 Å². The molecular weight excluding hydrogens is 267 g/mol. The van der Waals surface area contributed by atoms with Crippen molar-refractivity contribution in [2.75, 3.05) is 0 Å². The van der Waals surface area contributed by atoms with Crippen molar-refractivity contribution in [3.8, 4) is 5.88 Å². The molecule has 1 aromatic heterocycles. The van der Waals surface area contributed by atoms with E-state index in [9.17, 15) is 4.39 Å². The van der Waals surface area contributed by atoms with Crippen LogP contribution in [0.5, 0.6) is 5.88 Å². The first-order valence-electron chi connectivity index (χ1n) is 6.07. The molecule has 0 radical (unpaired) electrons. The minimum atomic E-state index is -0.386. The Labute approximate surface area is 116 Å². The minimum absolute atomic E-state index is 0.0350. The van der Waals surface area contributed by atoms with Crippen LogP contribution in [0.1, 0.15) is 24.6 Å². The van der Waals surface area contributed by atoms with Crippen molar-refractivity contribution in [2.24, 2.45) is 0 Å². The molecule has 0 aliphatic heterocycles. The molecule has 1 aromatic carbocycles. The zero-order valence-electron chi connectivity index (χ0n) is 10.6. The summed E-state index contributed by atoms with van der Waals surface area (Å²) >= 11 is 5.91. The summed E-state index contributed by atoms with van der Waals surface area (Å²) < 4.78 is 18.9. The number of nitrogens with zero attached hydrogens (tertiary/aromatic N) is 2. The van der Waals surface area contributed by atoms with Crippen molar-refractivity contribution < 1.29 is 9.13 Å². The Morgan fingerprint density at radius 3 is 2.74 bits per heavy atom. The Kier molecular flexibility index (Phi) is 4.68. The number of ether oxygens (including phenoxy) is 1. The predicted octanol–water partition coefficient (Wildman–Crippen LogP) is 3.80. The molecule has 0 aliphatic rings. The van der Waals surface area contributed by atoms with Crippen molar-refractivity contribution in [1.82, 2.24) is 9.97 Å². The van der Waals surface area contributed by atoms with Crippen molar-refractivity contribution in [3.63, 3.8) is 0 Å². The van der Waals surface area contributed by atoms with E-state index in [2.05, 4.69) is 16.9 Å². The SMILES string of the molecule is CCCc1cnc(OCc2c(F)cccc2Cl)cn1. The molecule has 0 N–H and O–H groups in total. The van der Waals surface area contributed by atoms with Gasteiger partial charge in [0.1, 0.15) is 12.4 Å². The highest BCUT2D eigenvalue weighted by Crippen LogP contribution is 2.20. The fourth-order valence-corrected chi connectivity index (χ4v) is 1.84. The van der Waals surface area contributed by atoms with Gasteiger partial charge in [-0.05, 0) is 18.6 Å². The zero-order valence-corrected chi connectivity index (χ0v) is 11.3. The summed E-state index contributed by atoms with van der Waals surface area (Å²) in [6.45, 7) is 2.11. The Morgan fingerprint density at radius 2 is 2.11 bits per heavy atom. The predicted molar refractivity (Wildman–Crippen MR) is 71.8 cm³/mol. The maximum absolute atomic E-state index is 13.5. The standard InChI is InChI=1S/C14H14ClFN2O/c1-2-4-10-7-18-14(8-17-10)19-9-11-12(15)5-3-6-13(11)16/h3,5-8H,2,4,9H2,1H3. The van der Waals surface area contributed by atoms with Gasteiger partial charge in [0.2, 0.25) is 5.88 Å². The van der Waals surface area contributed by atoms with Crippen molar-refractivity contribution in [2.45, 2.75) is 26.4 Å². The summed E-state index contributed by atoms with van der Waals surface area (Å²) in [5, 5.41) is 0.343. The topological polar surface area (TPSA) is 35.0 Å². The number of aromatic nitrogens is 2. The normalized spacial score (nSPS) is 10.5. The summed E-state index contributed by atoms with van der Waals surface area (Å²) in [5.41, 5.74) is 1.24. The lowest BCUT2D eigenvalue weighted by Gasteiger charge is -2.08. The average Bonchev–Trinajstić information content (AvgIpc) is 2.40. The number of hydrogen-bond acceptors (Lipinski definition) is 3. The summed E-state index contributed by atoms with van der Waals surface area (Å²) in [6, 6.07) is 4.53. The van der Waals surface area contributed by atoms with Gasteiger partial charge >= 0.3 is 0 Å². The third-order valence-corrected chi connectivity index (χ3v) is 2.97. The Bertz CT molecular complexity index is 525. The van der Waals surface area contributed by atoms with Crippen LogP contribution >= 0.6 is 11.6 Å². The van der Waals surface area contributed by atoms with E-state index in [4.69, 9.17) is 16.3 Å². The van der Waals surface area contributed by atoms with Gasteiger partial charge in [0.15, 0.2) is 0 Å². The first kappa shape index (κ1) is 13.7. The van der Waals surface area contributed by atoms with Gasteiger partial charge in [-0.25, -0.2) is 9.37 Å². The quantitative estimate of drug-likeness (QED) is 0.835. The summed E-state index contributed by atoms with van der Waals surface area (Å²) in [5.74, 6) is -0.0257. The molecule has 2 rings (SSSR count). The van der Waals surface area contributed by atoms with Crippen LogP contribution in [0.4, 0.5) is 4.39 Å². The van der Waals surface area contributed by atoms with E-state index in [0.29, 0.717) is 16.5 Å². The smallest absolute Gasteiger partial charge is 0.232 e. The molecule has 0 spiro atoms. The zero-order chi connectivity index (χ0) is 13.7. The highest BCUT2D eigenvalue weighted by molar-refractivity contribution is 6.31. The molecule has 0 amide bonds. The van der Waals surface area contributed by atoms with E-state index in [-0.39, 0.29) is 12.4 Å². The van der Waals surface area contributed by atoms with Gasteiger partial charge in [-0.3, -0.25) is 4.98 Å². The number of halogens is 2. The molecule has 0 atom stereocenters. The first-order chi connectivity index (χ1) is 9.20. The van der Waals surface area contributed by atoms with E-state index >= 15 is 0 Å². The van der Waals surface area contributed by atoms with Crippen LogP contribution in [0.25, 0.3) is 0 Å². The van der Waals surface area contributed by atoms with Crippen molar-refractivity contribution >= 4 is 11.6 Å². The van der Waals surface area contributed by atoms with Gasteiger partial charge in [-0.1, -0.05) is 31.0 Å². The average molecular weight is 281 g/mol. The third-order valence-electron chi connectivity index (χ3n) is 2.61. The van der Waals surface area contributed by atoms with Crippen LogP contribution in [0.3, 0.4) is 0 Å². The van der Waals surface area contributed by atoms with Gasteiger partial charge in [-0.2, -0.15) is 0 Å². The van der Waals surface area contributed by atoms with E-state index in [0.717, 1.165) is 18.5 Å². The second-order valence-corrected chi connectivity index (χ2v) is 4.49. The monoisotopic (exact) mass is 280 g/mol. The Hall–Kier alpha value is -1.68. The molecule has 0 saturated heterocycles. The second-order valence-electron chi connectivity index (χ2n) is 4.08. The molecule has 0 unspecified atom stereocenters. The highest BCUT2D eigenvalue weighted by Gasteiger charge is 2.08. The maximum Gasteiger partial charge on any atom is 0.232 e. The third kappa shape index (κ3) is 3.64. The van der Waals surface area contributed by atoms with Gasteiger partial charge in [0.05, 0.1) is 23.1 Å². The molecule has 2 aromatic rings. The largest absolute Gasteiger partial charge is 0.472 e. The van der Waals surface area contributed by atoms with E-state index < -0.39 is 0 Å². The molecule has 0 aliphatic carbocycles. The Balaban J connectivity index is 2.02. The van der Waals surface area contributed by atoms with E-state index in [1.165, 1.54) is 6.07 Å². The highest BCUT2D eigenvalue weighted by atomic mass is 35.5. The molecule has 1 heterocycles. The fraction of sp³-hybridized carbons (Fsp3) is 0.286. The lowest BCUT2D eigenvalue weighted by Crippen LogP contribution is -2.02. The second kappa shape index (κ2) is 6.48. The van der Waals surface area contributed by atoms with Gasteiger partial charge in [-0.15, -0.1) is 0 Å². The molecule has 0 saturated carbocycles. The van der Waals surface area contributed by atoms with Gasteiger partial charge in [0.25, 0.3) is 0 Å². The van der Waals surface area contributed by atoms with E-state index in [1.807, 2.05) is 0 Å². The lowest BCUT2D eigenvalue weighted by molar-refractivity contribution is 0.286. The van der Waals surface area contributed by atoms with Gasteiger partial charge in [0, 0.05) is 5.56 Å². The molecule has 3 nitrogen and oxygen atoms in total. The van der Waals surface area contributed by atoms with Gasteiger partial charge < -0.3 is 4.74 Å². The number of aryl methyl sites for hydroxylation is 1. The number of rotatable bonds is 5. The first-order valence-corrected chi connectivity index (χ1v) is 6.45. The fourth-order valence-electron chi connectivity index (χ4n) is 1.62. The van der Waals surface area contributed by atoms with Crippen molar-refractivity contribution in [3.05, 3.63) is 52.7 Å². The molecular formula is C14H14ClFN2O. The summed E-state index contributed by atoms with van der Waals surface area (Å²) in [6.07, 6.45) is 5.10.